The Balaban J connectivity index is 1.99. The van der Waals surface area contributed by atoms with E-state index in [1.807, 2.05) is 18.7 Å². The van der Waals surface area contributed by atoms with Crippen molar-refractivity contribution in [3.8, 4) is 0 Å². The summed E-state index contributed by atoms with van der Waals surface area (Å²) >= 11 is 0. The number of benzene rings is 2. The highest BCUT2D eigenvalue weighted by atomic mass is 19.4. The molecule has 5 nitrogen and oxygen atoms in total. The molecule has 160 valence electrons. The van der Waals surface area contributed by atoms with Crippen LogP contribution in [0.2, 0.25) is 0 Å². The molecule has 0 saturated heterocycles. The molecule has 1 unspecified atom stereocenters. The Morgan fingerprint density at radius 3 is 2.50 bits per heavy atom. The topological polar surface area (TPSA) is 61.4 Å². The van der Waals surface area contributed by atoms with Crippen LogP contribution in [0.25, 0.3) is 0 Å². The van der Waals surface area contributed by atoms with Crippen molar-refractivity contribution in [3.63, 3.8) is 0 Å². The van der Waals surface area contributed by atoms with Crippen molar-refractivity contribution in [2.75, 3.05) is 28.6 Å². The van der Waals surface area contributed by atoms with Gasteiger partial charge in [-0.05, 0) is 49.7 Å². The summed E-state index contributed by atoms with van der Waals surface area (Å²) in [5.41, 5.74) is 0.149. The molecular formula is C21H21F4N3O2. The first-order valence-corrected chi connectivity index (χ1v) is 9.50. The fraction of sp³-hybridized carbons (Fsp3) is 0.333. The van der Waals surface area contributed by atoms with Crippen molar-refractivity contribution in [2.24, 2.45) is 0 Å². The number of anilines is 3. The summed E-state index contributed by atoms with van der Waals surface area (Å²) < 4.78 is 53.2. The molecule has 0 bridgehead atoms. The smallest absolute Gasteiger partial charge is 0.370 e. The van der Waals surface area contributed by atoms with Gasteiger partial charge < -0.3 is 15.5 Å². The quantitative estimate of drug-likeness (QED) is 0.682. The van der Waals surface area contributed by atoms with Crippen LogP contribution in [0.1, 0.15) is 37.3 Å². The predicted octanol–water partition coefficient (Wildman–Crippen LogP) is 4.76. The Bertz CT molecular complexity index is 971. The van der Waals surface area contributed by atoms with Crippen molar-refractivity contribution in [1.29, 1.82) is 0 Å². The van der Waals surface area contributed by atoms with Gasteiger partial charge >= 0.3 is 6.18 Å². The average Bonchev–Trinajstić information content (AvgIpc) is 2.68. The summed E-state index contributed by atoms with van der Waals surface area (Å²) in [5.74, 6) is -2.63. The third-order valence-corrected chi connectivity index (χ3v) is 5.06. The van der Waals surface area contributed by atoms with Crippen LogP contribution in [-0.2, 0) is 15.8 Å². The third-order valence-electron chi connectivity index (χ3n) is 5.06. The second kappa shape index (κ2) is 8.33. The first kappa shape index (κ1) is 21.6. The van der Waals surface area contributed by atoms with Crippen LogP contribution in [0.15, 0.2) is 36.4 Å². The van der Waals surface area contributed by atoms with Gasteiger partial charge in [-0.25, -0.2) is 4.39 Å². The second-order valence-electron chi connectivity index (χ2n) is 6.93. The van der Waals surface area contributed by atoms with E-state index in [0.717, 1.165) is 18.2 Å². The van der Waals surface area contributed by atoms with Crippen LogP contribution in [0, 0.1) is 5.82 Å². The molecule has 9 heteroatoms. The van der Waals surface area contributed by atoms with E-state index in [1.54, 1.807) is 0 Å². The third kappa shape index (κ3) is 4.39. The number of carbonyl (C=O) groups excluding carboxylic acids is 2. The normalized spacial score (nSPS) is 15.9. The molecule has 1 heterocycles. The first-order chi connectivity index (χ1) is 14.1. The lowest BCUT2D eigenvalue weighted by Crippen LogP contribution is -2.32. The van der Waals surface area contributed by atoms with Gasteiger partial charge in [0.1, 0.15) is 5.82 Å². The van der Waals surface area contributed by atoms with Crippen molar-refractivity contribution < 1.29 is 27.2 Å². The highest BCUT2D eigenvalue weighted by Gasteiger charge is 2.34. The van der Waals surface area contributed by atoms with Gasteiger partial charge in [-0.2, -0.15) is 13.2 Å². The molecule has 2 aromatic carbocycles. The van der Waals surface area contributed by atoms with E-state index in [9.17, 15) is 27.2 Å². The molecule has 2 N–H and O–H groups in total. The summed E-state index contributed by atoms with van der Waals surface area (Å²) in [7, 11) is 0. The molecule has 2 aromatic rings. The maximum Gasteiger partial charge on any atom is 0.416 e. The van der Waals surface area contributed by atoms with Crippen LogP contribution in [-0.4, -0.2) is 24.9 Å². The van der Waals surface area contributed by atoms with E-state index >= 15 is 0 Å². The SMILES string of the molecule is CCN(CC)c1ccc(C(F)(F)F)cc1NC(=O)C1CC(=O)Nc2cc(F)ccc21. The zero-order valence-electron chi connectivity index (χ0n) is 16.4. The standard InChI is InChI=1S/C21H21F4N3O2/c1-3-28(4-2)18-8-5-12(21(23,24)25)9-17(18)27-20(30)15-11-19(29)26-16-10-13(22)6-7-14(15)16/h5-10,15H,3-4,11H2,1-2H3,(H,26,29)(H,27,30). The summed E-state index contributed by atoms with van der Waals surface area (Å²) in [5, 5.41) is 5.07. The molecular weight excluding hydrogens is 402 g/mol. The summed E-state index contributed by atoms with van der Waals surface area (Å²) in [6.07, 6.45) is -4.76. The number of hydrogen-bond donors (Lipinski definition) is 2. The summed E-state index contributed by atoms with van der Waals surface area (Å²) in [4.78, 5) is 26.8. The fourth-order valence-corrected chi connectivity index (χ4v) is 3.54. The first-order valence-electron chi connectivity index (χ1n) is 9.50. The number of carbonyl (C=O) groups is 2. The molecule has 3 rings (SSSR count). The average molecular weight is 423 g/mol. The van der Waals surface area contributed by atoms with Gasteiger partial charge in [0.15, 0.2) is 0 Å². The number of nitrogens with one attached hydrogen (secondary N) is 2. The van der Waals surface area contributed by atoms with E-state index in [0.29, 0.717) is 24.3 Å². The number of alkyl halides is 3. The number of fused-ring (bicyclic) bond motifs is 1. The van der Waals surface area contributed by atoms with E-state index in [-0.39, 0.29) is 17.8 Å². The summed E-state index contributed by atoms with van der Waals surface area (Å²) in [6, 6.07) is 6.85. The molecule has 30 heavy (non-hydrogen) atoms. The molecule has 0 aromatic heterocycles. The number of hydrogen-bond acceptors (Lipinski definition) is 3. The fourth-order valence-electron chi connectivity index (χ4n) is 3.54. The minimum absolute atomic E-state index is 0.00756. The number of rotatable bonds is 5. The molecule has 2 amide bonds. The van der Waals surface area contributed by atoms with E-state index < -0.39 is 35.3 Å². The van der Waals surface area contributed by atoms with Gasteiger partial charge in [0.05, 0.1) is 22.9 Å². The molecule has 0 radical (unpaired) electrons. The highest BCUT2D eigenvalue weighted by molar-refractivity contribution is 6.06. The van der Waals surface area contributed by atoms with Gasteiger partial charge in [0, 0.05) is 25.2 Å². The van der Waals surface area contributed by atoms with Gasteiger partial charge in [0.2, 0.25) is 11.8 Å². The second-order valence-corrected chi connectivity index (χ2v) is 6.93. The predicted molar refractivity (Wildman–Crippen MR) is 106 cm³/mol. The van der Waals surface area contributed by atoms with Gasteiger partial charge in [-0.3, -0.25) is 9.59 Å². The Labute approximate surface area is 171 Å². The number of nitrogens with zero attached hydrogens (tertiary/aromatic N) is 1. The molecule has 0 fully saturated rings. The van der Waals surface area contributed by atoms with Gasteiger partial charge in [0.25, 0.3) is 0 Å². The largest absolute Gasteiger partial charge is 0.416 e. The van der Waals surface area contributed by atoms with Gasteiger partial charge in [-0.15, -0.1) is 0 Å². The maximum absolute atomic E-state index is 13.5. The maximum atomic E-state index is 13.5. The summed E-state index contributed by atoms with van der Waals surface area (Å²) in [6.45, 7) is 4.75. The molecule has 0 aliphatic carbocycles. The lowest BCUT2D eigenvalue weighted by Gasteiger charge is -2.28. The van der Waals surface area contributed by atoms with Gasteiger partial charge in [-0.1, -0.05) is 6.07 Å². The zero-order valence-corrected chi connectivity index (χ0v) is 16.4. The van der Waals surface area contributed by atoms with E-state index in [2.05, 4.69) is 10.6 Å². The van der Waals surface area contributed by atoms with Crippen LogP contribution in [0.4, 0.5) is 34.6 Å². The lowest BCUT2D eigenvalue weighted by molar-refractivity contribution is -0.137. The van der Waals surface area contributed by atoms with Crippen molar-refractivity contribution >= 4 is 28.9 Å². The number of halogens is 4. The van der Waals surface area contributed by atoms with E-state index in [1.165, 1.54) is 18.2 Å². The Morgan fingerprint density at radius 2 is 1.87 bits per heavy atom. The molecule has 1 atom stereocenters. The lowest BCUT2D eigenvalue weighted by atomic mass is 9.89. The monoisotopic (exact) mass is 423 g/mol. The van der Waals surface area contributed by atoms with Crippen molar-refractivity contribution in [2.45, 2.75) is 32.4 Å². The Hall–Kier alpha value is -3.10. The Morgan fingerprint density at radius 1 is 1.17 bits per heavy atom. The van der Waals surface area contributed by atoms with Crippen LogP contribution in [0.5, 0.6) is 0 Å². The molecule has 1 aliphatic heterocycles. The van der Waals surface area contributed by atoms with Crippen molar-refractivity contribution in [1.82, 2.24) is 0 Å². The Kier molecular flexibility index (Phi) is 6.00. The highest BCUT2D eigenvalue weighted by Crippen LogP contribution is 2.38. The zero-order chi connectivity index (χ0) is 22.1. The molecule has 0 spiro atoms. The number of amides is 2. The van der Waals surface area contributed by atoms with Crippen LogP contribution >= 0.6 is 0 Å². The minimum atomic E-state index is -4.57. The minimum Gasteiger partial charge on any atom is -0.370 e. The van der Waals surface area contributed by atoms with Crippen LogP contribution in [0.3, 0.4) is 0 Å². The molecule has 0 saturated carbocycles. The van der Waals surface area contributed by atoms with Crippen LogP contribution < -0.4 is 15.5 Å². The molecule has 1 aliphatic rings. The van der Waals surface area contributed by atoms with E-state index in [4.69, 9.17) is 0 Å². The van der Waals surface area contributed by atoms with Crippen molar-refractivity contribution in [3.05, 3.63) is 53.3 Å².